The van der Waals surface area contributed by atoms with Gasteiger partial charge in [0.05, 0.1) is 0 Å². The Morgan fingerprint density at radius 2 is 2.29 bits per heavy atom. The standard InChI is InChI=1S/C11H10ClFS/c1-2-7-5-10(13)8-3-4-14-11(8)9(7)6-12/h3-5H,2,6H2,1H3. The predicted octanol–water partition coefficient (Wildman–Crippen LogP) is 4.34. The van der Waals surface area contributed by atoms with Gasteiger partial charge in [0.1, 0.15) is 5.82 Å². The van der Waals surface area contributed by atoms with Gasteiger partial charge in [0, 0.05) is 16.0 Å². The fourth-order valence-electron chi connectivity index (χ4n) is 1.66. The van der Waals surface area contributed by atoms with Crippen molar-refractivity contribution in [3.8, 4) is 0 Å². The molecular formula is C11H10ClFS. The summed E-state index contributed by atoms with van der Waals surface area (Å²) >= 11 is 7.44. The lowest BCUT2D eigenvalue weighted by Crippen LogP contribution is -1.92. The molecule has 1 heterocycles. The highest BCUT2D eigenvalue weighted by atomic mass is 35.5. The molecule has 0 aliphatic carbocycles. The fourth-order valence-corrected chi connectivity index (χ4v) is 3.02. The smallest absolute Gasteiger partial charge is 0.132 e. The minimum atomic E-state index is -0.132. The number of hydrogen-bond acceptors (Lipinski definition) is 1. The quantitative estimate of drug-likeness (QED) is 0.671. The molecule has 0 spiro atoms. The molecular weight excluding hydrogens is 219 g/mol. The lowest BCUT2D eigenvalue weighted by atomic mass is 10.0. The molecule has 2 rings (SSSR count). The zero-order valence-electron chi connectivity index (χ0n) is 7.81. The Morgan fingerprint density at radius 1 is 1.50 bits per heavy atom. The predicted molar refractivity (Wildman–Crippen MR) is 60.7 cm³/mol. The van der Waals surface area contributed by atoms with Gasteiger partial charge in [-0.3, -0.25) is 0 Å². The van der Waals surface area contributed by atoms with Crippen molar-refractivity contribution in [1.29, 1.82) is 0 Å². The van der Waals surface area contributed by atoms with E-state index in [2.05, 4.69) is 0 Å². The zero-order chi connectivity index (χ0) is 10.1. The van der Waals surface area contributed by atoms with Gasteiger partial charge in [0.25, 0.3) is 0 Å². The summed E-state index contributed by atoms with van der Waals surface area (Å²) in [6.45, 7) is 2.02. The van der Waals surface area contributed by atoms with E-state index in [1.807, 2.05) is 18.4 Å². The third kappa shape index (κ3) is 1.43. The van der Waals surface area contributed by atoms with Crippen molar-refractivity contribution in [2.75, 3.05) is 0 Å². The Balaban J connectivity index is 2.82. The molecule has 74 valence electrons. The zero-order valence-corrected chi connectivity index (χ0v) is 9.38. The number of fused-ring (bicyclic) bond motifs is 1. The maximum absolute atomic E-state index is 13.5. The molecule has 3 heteroatoms. The first-order valence-electron chi connectivity index (χ1n) is 4.51. The highest BCUT2D eigenvalue weighted by Gasteiger charge is 2.11. The van der Waals surface area contributed by atoms with Crippen LogP contribution in [0.5, 0.6) is 0 Å². The van der Waals surface area contributed by atoms with Crippen LogP contribution in [-0.2, 0) is 12.3 Å². The number of aryl methyl sites for hydroxylation is 1. The van der Waals surface area contributed by atoms with Crippen molar-refractivity contribution in [1.82, 2.24) is 0 Å². The van der Waals surface area contributed by atoms with E-state index in [1.165, 1.54) is 0 Å². The molecule has 0 atom stereocenters. The van der Waals surface area contributed by atoms with Crippen LogP contribution in [0.1, 0.15) is 18.1 Å². The molecule has 0 amide bonds. The van der Waals surface area contributed by atoms with E-state index >= 15 is 0 Å². The fraction of sp³-hybridized carbons (Fsp3) is 0.273. The third-order valence-electron chi connectivity index (χ3n) is 2.40. The van der Waals surface area contributed by atoms with Crippen LogP contribution in [0.15, 0.2) is 17.5 Å². The van der Waals surface area contributed by atoms with Crippen LogP contribution in [0, 0.1) is 5.82 Å². The van der Waals surface area contributed by atoms with E-state index in [0.29, 0.717) is 11.3 Å². The summed E-state index contributed by atoms with van der Waals surface area (Å²) in [5.74, 6) is 0.326. The van der Waals surface area contributed by atoms with Gasteiger partial charge in [-0.25, -0.2) is 4.39 Å². The average Bonchev–Trinajstić information content (AvgIpc) is 2.66. The third-order valence-corrected chi connectivity index (χ3v) is 3.64. The largest absolute Gasteiger partial charge is 0.206 e. The summed E-state index contributed by atoms with van der Waals surface area (Å²) in [5, 5.41) is 2.60. The molecule has 0 saturated carbocycles. The Morgan fingerprint density at radius 3 is 2.93 bits per heavy atom. The van der Waals surface area contributed by atoms with E-state index in [0.717, 1.165) is 22.2 Å². The SMILES string of the molecule is CCc1cc(F)c2ccsc2c1CCl. The summed E-state index contributed by atoms with van der Waals surface area (Å²) < 4.78 is 14.5. The van der Waals surface area contributed by atoms with Crippen LogP contribution in [0.3, 0.4) is 0 Å². The van der Waals surface area contributed by atoms with Gasteiger partial charge in [-0.1, -0.05) is 6.92 Å². The van der Waals surface area contributed by atoms with Gasteiger partial charge in [0.2, 0.25) is 0 Å². The highest BCUT2D eigenvalue weighted by molar-refractivity contribution is 7.17. The molecule has 2 aromatic rings. The summed E-state index contributed by atoms with van der Waals surface area (Å²) in [6, 6.07) is 3.41. The van der Waals surface area contributed by atoms with Gasteiger partial charge >= 0.3 is 0 Å². The van der Waals surface area contributed by atoms with E-state index < -0.39 is 0 Å². The monoisotopic (exact) mass is 228 g/mol. The molecule has 0 aliphatic rings. The van der Waals surface area contributed by atoms with Crippen LogP contribution in [-0.4, -0.2) is 0 Å². The number of thiophene rings is 1. The Hall–Kier alpha value is -0.600. The molecule has 0 nitrogen and oxygen atoms in total. The van der Waals surface area contributed by atoms with Crippen molar-refractivity contribution in [2.45, 2.75) is 19.2 Å². The lowest BCUT2D eigenvalue weighted by Gasteiger charge is -2.06. The van der Waals surface area contributed by atoms with Crippen molar-refractivity contribution < 1.29 is 4.39 Å². The van der Waals surface area contributed by atoms with Crippen molar-refractivity contribution in [2.24, 2.45) is 0 Å². The molecule has 0 unspecified atom stereocenters. The maximum atomic E-state index is 13.5. The number of rotatable bonds is 2. The highest BCUT2D eigenvalue weighted by Crippen LogP contribution is 2.31. The molecule has 0 saturated heterocycles. The maximum Gasteiger partial charge on any atom is 0.132 e. The number of alkyl halides is 1. The van der Waals surface area contributed by atoms with E-state index in [-0.39, 0.29) is 5.82 Å². The molecule has 14 heavy (non-hydrogen) atoms. The second-order valence-corrected chi connectivity index (χ2v) is 4.33. The van der Waals surface area contributed by atoms with Crippen LogP contribution < -0.4 is 0 Å². The van der Waals surface area contributed by atoms with Crippen molar-refractivity contribution in [3.63, 3.8) is 0 Å². The molecule has 1 aromatic carbocycles. The van der Waals surface area contributed by atoms with E-state index in [9.17, 15) is 4.39 Å². The van der Waals surface area contributed by atoms with Crippen molar-refractivity contribution in [3.05, 3.63) is 34.5 Å². The number of halogens is 2. The minimum absolute atomic E-state index is 0.132. The Labute approximate surface area is 91.3 Å². The summed E-state index contributed by atoms with van der Waals surface area (Å²) in [6.07, 6.45) is 0.826. The topological polar surface area (TPSA) is 0 Å². The minimum Gasteiger partial charge on any atom is -0.206 e. The van der Waals surface area contributed by atoms with Crippen LogP contribution in [0.2, 0.25) is 0 Å². The summed E-state index contributed by atoms with van der Waals surface area (Å²) in [5.41, 5.74) is 2.10. The molecule has 0 N–H and O–H groups in total. The molecule has 0 radical (unpaired) electrons. The first-order chi connectivity index (χ1) is 6.77. The average molecular weight is 229 g/mol. The molecule has 0 fully saturated rings. The first kappa shape index (κ1) is 9.94. The van der Waals surface area contributed by atoms with Crippen LogP contribution in [0.4, 0.5) is 4.39 Å². The summed E-state index contributed by atoms with van der Waals surface area (Å²) in [4.78, 5) is 0. The van der Waals surface area contributed by atoms with Gasteiger partial charge in [0.15, 0.2) is 0 Å². The van der Waals surface area contributed by atoms with Gasteiger partial charge in [-0.2, -0.15) is 0 Å². The van der Waals surface area contributed by atoms with Crippen LogP contribution >= 0.6 is 22.9 Å². The second kappa shape index (κ2) is 3.87. The molecule has 0 bridgehead atoms. The Kier molecular flexibility index (Phi) is 2.75. The van der Waals surface area contributed by atoms with Crippen LogP contribution in [0.25, 0.3) is 10.1 Å². The Bertz CT molecular complexity index is 462. The molecule has 1 aromatic heterocycles. The number of hydrogen-bond donors (Lipinski definition) is 0. The lowest BCUT2D eigenvalue weighted by molar-refractivity contribution is 0.637. The number of benzene rings is 1. The van der Waals surface area contributed by atoms with Gasteiger partial charge in [-0.05, 0) is 35.1 Å². The summed E-state index contributed by atoms with van der Waals surface area (Å²) in [7, 11) is 0. The van der Waals surface area contributed by atoms with Gasteiger partial charge < -0.3 is 0 Å². The molecule has 0 aliphatic heterocycles. The first-order valence-corrected chi connectivity index (χ1v) is 5.92. The van der Waals surface area contributed by atoms with E-state index in [4.69, 9.17) is 11.6 Å². The normalized spacial score (nSPS) is 11.1. The second-order valence-electron chi connectivity index (χ2n) is 3.15. The van der Waals surface area contributed by atoms with Crippen molar-refractivity contribution >= 4 is 33.0 Å². The van der Waals surface area contributed by atoms with E-state index in [1.54, 1.807) is 17.4 Å². The van der Waals surface area contributed by atoms with Gasteiger partial charge in [-0.15, -0.1) is 22.9 Å².